The van der Waals surface area contributed by atoms with E-state index in [0.717, 1.165) is 24.5 Å². The summed E-state index contributed by atoms with van der Waals surface area (Å²) in [6.45, 7) is 4.89. The Hall–Kier alpha value is -1.30. The van der Waals surface area contributed by atoms with Gasteiger partial charge in [0.15, 0.2) is 11.5 Å². The molecule has 0 amide bonds. The highest BCUT2D eigenvalue weighted by Crippen LogP contribution is 2.30. The van der Waals surface area contributed by atoms with Crippen LogP contribution in [0.4, 0.5) is 0 Å². The highest BCUT2D eigenvalue weighted by Gasteiger charge is 2.12. The lowest BCUT2D eigenvalue weighted by atomic mass is 10.0. The SMILES string of the molecule is CCC(NCCOCCOC)c1ccc(OC)c(OC)c1. The van der Waals surface area contributed by atoms with Gasteiger partial charge in [-0.05, 0) is 24.1 Å². The van der Waals surface area contributed by atoms with Crippen molar-refractivity contribution in [3.8, 4) is 11.5 Å². The average Bonchev–Trinajstić information content (AvgIpc) is 2.53. The van der Waals surface area contributed by atoms with E-state index in [-0.39, 0.29) is 6.04 Å². The number of ether oxygens (including phenoxy) is 4. The normalized spacial score (nSPS) is 12.2. The number of rotatable bonds is 11. The zero-order valence-electron chi connectivity index (χ0n) is 13.5. The fraction of sp³-hybridized carbons (Fsp3) is 0.625. The van der Waals surface area contributed by atoms with E-state index in [1.807, 2.05) is 12.1 Å². The molecule has 0 aliphatic heterocycles. The molecule has 0 aromatic heterocycles. The Labute approximate surface area is 127 Å². The summed E-state index contributed by atoms with van der Waals surface area (Å²) in [5.74, 6) is 1.51. The minimum Gasteiger partial charge on any atom is -0.493 e. The molecule has 0 aliphatic carbocycles. The summed E-state index contributed by atoms with van der Waals surface area (Å²) >= 11 is 0. The standard InChI is InChI=1S/C16H27NO4/c1-5-14(17-8-9-21-11-10-18-2)13-6-7-15(19-3)16(12-13)20-4/h6-7,12,14,17H,5,8-11H2,1-4H3. The fourth-order valence-corrected chi connectivity index (χ4v) is 2.12. The van der Waals surface area contributed by atoms with Crippen LogP contribution in [-0.4, -0.2) is 47.7 Å². The summed E-state index contributed by atoms with van der Waals surface area (Å²) in [5, 5.41) is 3.49. The molecule has 120 valence electrons. The van der Waals surface area contributed by atoms with Crippen LogP contribution in [0, 0.1) is 0 Å². The third kappa shape index (κ3) is 5.91. The van der Waals surface area contributed by atoms with E-state index in [1.54, 1.807) is 21.3 Å². The van der Waals surface area contributed by atoms with Crippen molar-refractivity contribution in [2.75, 3.05) is 47.7 Å². The first-order valence-corrected chi connectivity index (χ1v) is 7.28. The zero-order chi connectivity index (χ0) is 15.5. The summed E-state index contributed by atoms with van der Waals surface area (Å²) in [4.78, 5) is 0. The number of nitrogens with one attached hydrogen (secondary N) is 1. The molecule has 0 fully saturated rings. The van der Waals surface area contributed by atoms with Gasteiger partial charge in [-0.15, -0.1) is 0 Å². The Bertz CT molecular complexity index is 398. The summed E-state index contributed by atoms with van der Waals surface area (Å²) in [6, 6.07) is 6.30. The summed E-state index contributed by atoms with van der Waals surface area (Å²) < 4.78 is 21.0. The molecule has 0 spiro atoms. The minimum atomic E-state index is 0.274. The first kappa shape index (κ1) is 17.8. The van der Waals surface area contributed by atoms with E-state index < -0.39 is 0 Å². The van der Waals surface area contributed by atoms with Gasteiger partial charge in [0.05, 0.1) is 34.0 Å². The Morgan fingerprint density at radius 3 is 2.38 bits per heavy atom. The molecule has 1 aromatic rings. The van der Waals surface area contributed by atoms with Crippen LogP contribution in [-0.2, 0) is 9.47 Å². The van der Waals surface area contributed by atoms with Crippen LogP contribution in [0.2, 0.25) is 0 Å². The van der Waals surface area contributed by atoms with Gasteiger partial charge in [0.25, 0.3) is 0 Å². The minimum absolute atomic E-state index is 0.274. The monoisotopic (exact) mass is 297 g/mol. The molecule has 1 atom stereocenters. The van der Waals surface area contributed by atoms with Crippen LogP contribution in [0.5, 0.6) is 11.5 Å². The molecular formula is C16H27NO4. The lowest BCUT2D eigenvalue weighted by Crippen LogP contribution is -2.25. The Morgan fingerprint density at radius 2 is 1.76 bits per heavy atom. The Kier molecular flexibility index (Phi) is 8.82. The Balaban J connectivity index is 2.51. The molecule has 0 heterocycles. The molecule has 1 N–H and O–H groups in total. The lowest BCUT2D eigenvalue weighted by molar-refractivity contribution is 0.0710. The molecule has 5 heteroatoms. The molecule has 0 radical (unpaired) electrons. The van der Waals surface area contributed by atoms with Gasteiger partial charge in [0, 0.05) is 19.7 Å². The third-order valence-corrected chi connectivity index (χ3v) is 3.29. The van der Waals surface area contributed by atoms with Crippen molar-refractivity contribution in [3.63, 3.8) is 0 Å². The van der Waals surface area contributed by atoms with Gasteiger partial charge >= 0.3 is 0 Å². The quantitative estimate of drug-likeness (QED) is 0.636. The molecule has 0 saturated heterocycles. The van der Waals surface area contributed by atoms with Gasteiger partial charge in [-0.3, -0.25) is 0 Å². The number of methoxy groups -OCH3 is 3. The summed E-state index contributed by atoms with van der Waals surface area (Å²) in [7, 11) is 4.97. The molecule has 0 bridgehead atoms. The smallest absolute Gasteiger partial charge is 0.161 e. The molecular weight excluding hydrogens is 270 g/mol. The van der Waals surface area contributed by atoms with E-state index in [0.29, 0.717) is 19.8 Å². The maximum Gasteiger partial charge on any atom is 0.161 e. The van der Waals surface area contributed by atoms with Gasteiger partial charge in [-0.25, -0.2) is 0 Å². The highest BCUT2D eigenvalue weighted by molar-refractivity contribution is 5.43. The van der Waals surface area contributed by atoms with Crippen molar-refractivity contribution in [1.29, 1.82) is 0 Å². The second-order valence-corrected chi connectivity index (χ2v) is 4.63. The predicted octanol–water partition coefficient (Wildman–Crippen LogP) is 2.41. The van der Waals surface area contributed by atoms with Gasteiger partial charge in [0.2, 0.25) is 0 Å². The van der Waals surface area contributed by atoms with Gasteiger partial charge in [-0.1, -0.05) is 13.0 Å². The van der Waals surface area contributed by atoms with E-state index in [2.05, 4.69) is 18.3 Å². The van der Waals surface area contributed by atoms with Crippen LogP contribution in [0.1, 0.15) is 24.9 Å². The zero-order valence-corrected chi connectivity index (χ0v) is 13.5. The average molecular weight is 297 g/mol. The van der Waals surface area contributed by atoms with Gasteiger partial charge in [-0.2, -0.15) is 0 Å². The largest absolute Gasteiger partial charge is 0.493 e. The van der Waals surface area contributed by atoms with Crippen molar-refractivity contribution in [2.24, 2.45) is 0 Å². The van der Waals surface area contributed by atoms with Crippen LogP contribution in [0.15, 0.2) is 18.2 Å². The molecule has 0 saturated carbocycles. The van der Waals surface area contributed by atoms with Crippen molar-refractivity contribution in [2.45, 2.75) is 19.4 Å². The number of benzene rings is 1. The first-order valence-electron chi connectivity index (χ1n) is 7.28. The van der Waals surface area contributed by atoms with E-state index >= 15 is 0 Å². The van der Waals surface area contributed by atoms with Crippen molar-refractivity contribution < 1.29 is 18.9 Å². The third-order valence-electron chi connectivity index (χ3n) is 3.29. The van der Waals surface area contributed by atoms with Crippen molar-refractivity contribution in [3.05, 3.63) is 23.8 Å². The second-order valence-electron chi connectivity index (χ2n) is 4.63. The van der Waals surface area contributed by atoms with Crippen LogP contribution in [0.25, 0.3) is 0 Å². The van der Waals surface area contributed by atoms with Crippen LogP contribution < -0.4 is 14.8 Å². The van der Waals surface area contributed by atoms with Crippen LogP contribution >= 0.6 is 0 Å². The molecule has 1 unspecified atom stereocenters. The maximum absolute atomic E-state index is 5.45. The molecule has 1 rings (SSSR count). The fourth-order valence-electron chi connectivity index (χ4n) is 2.12. The molecule has 0 aliphatic rings. The van der Waals surface area contributed by atoms with E-state index in [4.69, 9.17) is 18.9 Å². The number of hydrogen-bond donors (Lipinski definition) is 1. The van der Waals surface area contributed by atoms with E-state index in [9.17, 15) is 0 Å². The topological polar surface area (TPSA) is 49.0 Å². The summed E-state index contributed by atoms with van der Waals surface area (Å²) in [6.07, 6.45) is 0.994. The van der Waals surface area contributed by atoms with Gasteiger partial charge < -0.3 is 24.3 Å². The molecule has 5 nitrogen and oxygen atoms in total. The Morgan fingerprint density at radius 1 is 1.00 bits per heavy atom. The molecule has 1 aromatic carbocycles. The van der Waals surface area contributed by atoms with Gasteiger partial charge in [0.1, 0.15) is 0 Å². The predicted molar refractivity (Wildman–Crippen MR) is 83.3 cm³/mol. The lowest BCUT2D eigenvalue weighted by Gasteiger charge is -2.19. The molecule has 21 heavy (non-hydrogen) atoms. The second kappa shape index (κ2) is 10.4. The maximum atomic E-state index is 5.45. The first-order chi connectivity index (χ1) is 10.3. The van der Waals surface area contributed by atoms with E-state index in [1.165, 1.54) is 5.56 Å². The highest BCUT2D eigenvalue weighted by atomic mass is 16.5. The van der Waals surface area contributed by atoms with Crippen LogP contribution in [0.3, 0.4) is 0 Å². The van der Waals surface area contributed by atoms with Crippen molar-refractivity contribution >= 4 is 0 Å². The van der Waals surface area contributed by atoms with Crippen molar-refractivity contribution in [1.82, 2.24) is 5.32 Å². The number of hydrogen-bond acceptors (Lipinski definition) is 5. The summed E-state index contributed by atoms with van der Waals surface area (Å²) in [5.41, 5.74) is 1.19.